The Morgan fingerprint density at radius 3 is 3.21 bits per heavy atom. The molecule has 2 rings (SSSR count). The lowest BCUT2D eigenvalue weighted by molar-refractivity contribution is 0.165. The summed E-state index contributed by atoms with van der Waals surface area (Å²) in [7, 11) is 0. The van der Waals surface area contributed by atoms with Crippen LogP contribution in [-0.2, 0) is 4.74 Å². The highest BCUT2D eigenvalue weighted by Gasteiger charge is 2.18. The van der Waals surface area contributed by atoms with Crippen molar-refractivity contribution in [2.45, 2.75) is 32.7 Å². The van der Waals surface area contributed by atoms with Crippen molar-refractivity contribution in [3.63, 3.8) is 0 Å². The molecule has 106 valence electrons. The number of rotatable bonds is 7. The van der Waals surface area contributed by atoms with Gasteiger partial charge in [-0.15, -0.1) is 0 Å². The number of aromatic nitrogens is 1. The molecule has 0 aromatic carbocycles. The zero-order valence-corrected chi connectivity index (χ0v) is 11.9. The number of ether oxygens (including phenoxy) is 2. The Labute approximate surface area is 115 Å². The van der Waals surface area contributed by atoms with Crippen LogP contribution in [0.1, 0.15) is 38.3 Å². The lowest BCUT2D eigenvalue weighted by Gasteiger charge is -2.18. The van der Waals surface area contributed by atoms with Gasteiger partial charge in [0.15, 0.2) is 0 Å². The van der Waals surface area contributed by atoms with Gasteiger partial charge in [-0.2, -0.15) is 0 Å². The average molecular weight is 264 g/mol. The number of nitrogens with one attached hydrogen (secondary N) is 1. The highest BCUT2D eigenvalue weighted by molar-refractivity contribution is 5.28. The van der Waals surface area contributed by atoms with Crippen molar-refractivity contribution in [3.05, 3.63) is 23.9 Å². The normalized spacial score (nSPS) is 20.4. The quantitative estimate of drug-likeness (QED) is 0.822. The predicted octanol–water partition coefficient (Wildman–Crippen LogP) is 2.56. The van der Waals surface area contributed by atoms with Gasteiger partial charge in [-0.1, -0.05) is 13.0 Å². The summed E-state index contributed by atoms with van der Waals surface area (Å²) in [6.07, 6.45) is 4.00. The van der Waals surface area contributed by atoms with E-state index in [1.54, 1.807) is 6.20 Å². The number of pyridine rings is 1. The second kappa shape index (κ2) is 7.46. The summed E-state index contributed by atoms with van der Waals surface area (Å²) in [4.78, 5) is 4.37. The van der Waals surface area contributed by atoms with Crippen LogP contribution in [0.2, 0.25) is 0 Å². The molecule has 1 aromatic heterocycles. The molecule has 0 saturated carbocycles. The molecule has 19 heavy (non-hydrogen) atoms. The van der Waals surface area contributed by atoms with Crippen LogP contribution in [0.5, 0.6) is 5.88 Å². The molecule has 1 aliphatic heterocycles. The van der Waals surface area contributed by atoms with Crippen LogP contribution in [0, 0.1) is 5.92 Å². The Morgan fingerprint density at radius 2 is 2.47 bits per heavy atom. The van der Waals surface area contributed by atoms with Crippen LogP contribution in [-0.4, -0.2) is 31.3 Å². The molecule has 4 heteroatoms. The number of hydrogen-bond donors (Lipinski definition) is 1. The Balaban J connectivity index is 1.94. The van der Waals surface area contributed by atoms with Crippen LogP contribution in [0.15, 0.2) is 18.3 Å². The lowest BCUT2D eigenvalue weighted by Crippen LogP contribution is -2.21. The maximum atomic E-state index is 5.89. The molecule has 0 bridgehead atoms. The van der Waals surface area contributed by atoms with E-state index in [0.717, 1.165) is 44.0 Å². The van der Waals surface area contributed by atoms with E-state index >= 15 is 0 Å². The molecule has 1 N–H and O–H groups in total. The first-order chi connectivity index (χ1) is 9.31. The molecule has 1 fully saturated rings. The summed E-state index contributed by atoms with van der Waals surface area (Å²) in [6.45, 7) is 7.69. The van der Waals surface area contributed by atoms with Crippen LogP contribution in [0.3, 0.4) is 0 Å². The van der Waals surface area contributed by atoms with Gasteiger partial charge in [-0.05, 0) is 32.4 Å². The Kier molecular flexibility index (Phi) is 5.61. The largest absolute Gasteiger partial charge is 0.477 e. The first-order valence-electron chi connectivity index (χ1n) is 7.20. The van der Waals surface area contributed by atoms with Crippen molar-refractivity contribution in [3.8, 4) is 5.88 Å². The van der Waals surface area contributed by atoms with E-state index in [9.17, 15) is 0 Å². The van der Waals surface area contributed by atoms with Crippen molar-refractivity contribution in [2.24, 2.45) is 5.92 Å². The van der Waals surface area contributed by atoms with E-state index in [2.05, 4.69) is 30.2 Å². The van der Waals surface area contributed by atoms with Gasteiger partial charge in [0.25, 0.3) is 0 Å². The third kappa shape index (κ3) is 4.18. The SMILES string of the molecule is CCCNC(C)c1cccnc1OCC1CCOC1. The van der Waals surface area contributed by atoms with Gasteiger partial charge in [0.2, 0.25) is 5.88 Å². The fourth-order valence-electron chi connectivity index (χ4n) is 2.24. The lowest BCUT2D eigenvalue weighted by atomic mass is 10.1. The smallest absolute Gasteiger partial charge is 0.218 e. The third-order valence-electron chi connectivity index (χ3n) is 3.45. The van der Waals surface area contributed by atoms with Crippen molar-refractivity contribution in [1.29, 1.82) is 0 Å². The van der Waals surface area contributed by atoms with Crippen molar-refractivity contribution in [2.75, 3.05) is 26.4 Å². The molecule has 4 nitrogen and oxygen atoms in total. The second-order valence-corrected chi connectivity index (χ2v) is 5.11. The zero-order chi connectivity index (χ0) is 13.5. The zero-order valence-electron chi connectivity index (χ0n) is 11.9. The third-order valence-corrected chi connectivity index (χ3v) is 3.45. The molecule has 2 heterocycles. The minimum Gasteiger partial charge on any atom is -0.477 e. The Morgan fingerprint density at radius 1 is 1.58 bits per heavy atom. The molecule has 1 aliphatic rings. The molecule has 2 atom stereocenters. The summed E-state index contributed by atoms with van der Waals surface area (Å²) in [5.74, 6) is 1.26. The van der Waals surface area contributed by atoms with Crippen molar-refractivity contribution < 1.29 is 9.47 Å². The molecule has 0 aliphatic carbocycles. The monoisotopic (exact) mass is 264 g/mol. The summed E-state index contributed by atoms with van der Waals surface area (Å²) in [5.41, 5.74) is 1.13. The van der Waals surface area contributed by atoms with Gasteiger partial charge in [-0.3, -0.25) is 0 Å². The van der Waals surface area contributed by atoms with E-state index in [-0.39, 0.29) is 6.04 Å². The van der Waals surface area contributed by atoms with Crippen LogP contribution >= 0.6 is 0 Å². The van der Waals surface area contributed by atoms with Crippen LogP contribution < -0.4 is 10.1 Å². The standard InChI is InChI=1S/C15H24N2O2/c1-3-7-16-12(2)14-5-4-8-17-15(14)19-11-13-6-9-18-10-13/h4-5,8,12-13,16H,3,6-7,9-11H2,1-2H3. The topological polar surface area (TPSA) is 43.4 Å². The minimum absolute atomic E-state index is 0.267. The van der Waals surface area contributed by atoms with Gasteiger partial charge in [0, 0.05) is 30.3 Å². The van der Waals surface area contributed by atoms with Gasteiger partial charge >= 0.3 is 0 Å². The number of hydrogen-bond acceptors (Lipinski definition) is 4. The summed E-state index contributed by atoms with van der Waals surface area (Å²) < 4.78 is 11.3. The first kappa shape index (κ1) is 14.3. The Bertz CT molecular complexity index is 378. The van der Waals surface area contributed by atoms with Crippen molar-refractivity contribution >= 4 is 0 Å². The predicted molar refractivity (Wildman–Crippen MR) is 75.4 cm³/mol. The van der Waals surface area contributed by atoms with Gasteiger partial charge < -0.3 is 14.8 Å². The molecule has 0 spiro atoms. The van der Waals surface area contributed by atoms with Gasteiger partial charge in [0.1, 0.15) is 0 Å². The minimum atomic E-state index is 0.267. The molecule has 1 saturated heterocycles. The van der Waals surface area contributed by atoms with Gasteiger partial charge in [0.05, 0.1) is 13.2 Å². The van der Waals surface area contributed by atoms with E-state index in [1.807, 2.05) is 6.07 Å². The van der Waals surface area contributed by atoms with Crippen LogP contribution in [0.25, 0.3) is 0 Å². The molecule has 0 amide bonds. The summed E-state index contributed by atoms with van der Waals surface area (Å²) in [6, 6.07) is 4.31. The maximum absolute atomic E-state index is 5.89. The summed E-state index contributed by atoms with van der Waals surface area (Å²) >= 11 is 0. The van der Waals surface area contributed by atoms with Crippen molar-refractivity contribution in [1.82, 2.24) is 10.3 Å². The second-order valence-electron chi connectivity index (χ2n) is 5.11. The molecule has 0 radical (unpaired) electrons. The molecular weight excluding hydrogens is 240 g/mol. The Hall–Kier alpha value is -1.13. The van der Waals surface area contributed by atoms with E-state index in [4.69, 9.17) is 9.47 Å². The maximum Gasteiger partial charge on any atom is 0.218 e. The van der Waals surface area contributed by atoms with E-state index in [0.29, 0.717) is 12.5 Å². The molecular formula is C15H24N2O2. The summed E-state index contributed by atoms with van der Waals surface area (Å²) in [5, 5.41) is 3.47. The fourth-order valence-corrected chi connectivity index (χ4v) is 2.24. The number of nitrogens with zero attached hydrogens (tertiary/aromatic N) is 1. The highest BCUT2D eigenvalue weighted by atomic mass is 16.5. The fraction of sp³-hybridized carbons (Fsp3) is 0.667. The van der Waals surface area contributed by atoms with E-state index in [1.165, 1.54) is 0 Å². The first-order valence-corrected chi connectivity index (χ1v) is 7.20. The van der Waals surface area contributed by atoms with Crippen LogP contribution in [0.4, 0.5) is 0 Å². The van der Waals surface area contributed by atoms with Gasteiger partial charge in [-0.25, -0.2) is 4.98 Å². The molecule has 2 unspecified atom stereocenters. The average Bonchev–Trinajstić information content (AvgIpc) is 2.96. The molecule has 1 aromatic rings. The van der Waals surface area contributed by atoms with E-state index < -0.39 is 0 Å². The highest BCUT2D eigenvalue weighted by Crippen LogP contribution is 2.23.